The van der Waals surface area contributed by atoms with Gasteiger partial charge >= 0.3 is 0 Å². The molecule has 4 aromatic carbocycles. The summed E-state index contributed by atoms with van der Waals surface area (Å²) >= 11 is 0. The average Bonchev–Trinajstić information content (AvgIpc) is 2.73. The van der Waals surface area contributed by atoms with Gasteiger partial charge in [0.05, 0.1) is 0 Å². The zero-order valence-corrected chi connectivity index (χ0v) is 17.5. The lowest BCUT2D eigenvalue weighted by molar-refractivity contribution is 1.52. The van der Waals surface area contributed by atoms with Gasteiger partial charge in [-0.15, -0.1) is 9.24 Å². The minimum absolute atomic E-state index is 0.446. The molecule has 0 amide bonds. The second-order valence-electron chi connectivity index (χ2n) is 6.20. The molecule has 4 aromatic rings. The Morgan fingerprint density at radius 1 is 0.481 bits per heavy atom. The van der Waals surface area contributed by atoms with Crippen molar-refractivity contribution >= 4 is 38.4 Å². The molecule has 0 fully saturated rings. The van der Waals surface area contributed by atoms with E-state index < -0.39 is 7.92 Å². The molecule has 0 saturated heterocycles. The number of hydrogen-bond acceptors (Lipinski definition) is 0. The molecular formula is C25H24P2. The zero-order valence-electron chi connectivity index (χ0n) is 15.5. The van der Waals surface area contributed by atoms with Crippen LogP contribution in [-0.4, -0.2) is 0 Å². The topological polar surface area (TPSA) is 0 Å². The van der Waals surface area contributed by atoms with Crippen molar-refractivity contribution in [2.75, 3.05) is 0 Å². The van der Waals surface area contributed by atoms with E-state index in [4.69, 9.17) is 0 Å². The fourth-order valence-electron chi connectivity index (χ4n) is 2.77. The van der Waals surface area contributed by atoms with Gasteiger partial charge in [-0.3, -0.25) is 0 Å². The molecule has 0 aliphatic carbocycles. The van der Waals surface area contributed by atoms with E-state index in [9.17, 15) is 0 Å². The first-order valence-corrected chi connectivity index (χ1v) is 10.9. The first kappa shape index (κ1) is 19.5. The molecule has 134 valence electrons. The van der Waals surface area contributed by atoms with Gasteiger partial charge in [0.1, 0.15) is 0 Å². The van der Waals surface area contributed by atoms with E-state index in [2.05, 4.69) is 119 Å². The molecule has 1 unspecified atom stereocenters. The minimum Gasteiger partial charge on any atom is -0.105 e. The van der Waals surface area contributed by atoms with E-state index in [1.165, 1.54) is 26.8 Å². The van der Waals surface area contributed by atoms with Crippen LogP contribution in [0.5, 0.6) is 0 Å². The third kappa shape index (κ3) is 5.61. The molecule has 0 aliphatic rings. The summed E-state index contributed by atoms with van der Waals surface area (Å²) in [6, 6.07) is 40.6. The second kappa shape index (κ2) is 10.2. The number of benzene rings is 4. The van der Waals surface area contributed by atoms with Gasteiger partial charge in [-0.25, -0.2) is 0 Å². The third-order valence-electron chi connectivity index (χ3n) is 4.23. The Morgan fingerprint density at radius 3 is 1.11 bits per heavy atom. The van der Waals surface area contributed by atoms with Crippen LogP contribution >= 0.6 is 17.2 Å². The Balaban J connectivity index is 0.000000221. The predicted octanol–water partition coefficient (Wildman–Crippen LogP) is 4.94. The smallest absolute Gasteiger partial charge is 0.0134 e. The van der Waals surface area contributed by atoms with E-state index in [1.54, 1.807) is 0 Å². The molecule has 27 heavy (non-hydrogen) atoms. The van der Waals surface area contributed by atoms with Gasteiger partial charge < -0.3 is 0 Å². The molecule has 1 atom stereocenters. The van der Waals surface area contributed by atoms with E-state index in [0.717, 1.165) is 0 Å². The third-order valence-corrected chi connectivity index (χ3v) is 7.32. The molecule has 0 bridgehead atoms. The van der Waals surface area contributed by atoms with Crippen molar-refractivity contribution in [3.63, 3.8) is 0 Å². The van der Waals surface area contributed by atoms with Gasteiger partial charge in [-0.1, -0.05) is 115 Å². The lowest BCUT2D eigenvalue weighted by Crippen LogP contribution is -2.20. The predicted molar refractivity (Wildman–Crippen MR) is 126 cm³/mol. The van der Waals surface area contributed by atoms with Crippen molar-refractivity contribution in [3.8, 4) is 0 Å². The van der Waals surface area contributed by atoms with Gasteiger partial charge in [0.25, 0.3) is 0 Å². The van der Waals surface area contributed by atoms with Gasteiger partial charge in [-0.05, 0) is 41.6 Å². The highest BCUT2D eigenvalue weighted by Gasteiger charge is 2.14. The van der Waals surface area contributed by atoms with Crippen molar-refractivity contribution in [1.29, 1.82) is 0 Å². The Kier molecular flexibility index (Phi) is 7.35. The van der Waals surface area contributed by atoms with Gasteiger partial charge in [0.2, 0.25) is 0 Å². The van der Waals surface area contributed by atoms with E-state index in [-0.39, 0.29) is 0 Å². The van der Waals surface area contributed by atoms with Crippen molar-refractivity contribution < 1.29 is 0 Å². The Hall–Kier alpha value is -2.26. The molecule has 0 radical (unpaired) electrons. The zero-order chi connectivity index (χ0) is 18.9. The fraction of sp³-hybridized carbons (Fsp3) is 0.0400. The number of rotatable bonds is 3. The molecule has 4 rings (SSSR count). The summed E-state index contributed by atoms with van der Waals surface area (Å²) in [6.45, 7) is 2.10. The molecule has 0 spiro atoms. The lowest BCUT2D eigenvalue weighted by atomic mass is 10.2. The first-order chi connectivity index (χ1) is 13.3. The van der Waals surface area contributed by atoms with Crippen molar-refractivity contribution in [2.45, 2.75) is 6.92 Å². The van der Waals surface area contributed by atoms with Crippen LogP contribution in [0.2, 0.25) is 0 Å². The second-order valence-corrected chi connectivity index (χ2v) is 9.04. The summed E-state index contributed by atoms with van der Waals surface area (Å²) in [5.41, 5.74) is 1.33. The fourth-order valence-corrected chi connectivity index (χ4v) is 5.28. The number of aryl methyl sites for hydroxylation is 1. The van der Waals surface area contributed by atoms with Crippen LogP contribution < -0.4 is 21.2 Å². The van der Waals surface area contributed by atoms with E-state index in [0.29, 0.717) is 0 Å². The Bertz CT molecular complexity index is 820. The summed E-state index contributed by atoms with van der Waals surface area (Å²) < 4.78 is 0. The highest BCUT2D eigenvalue weighted by Crippen LogP contribution is 2.32. The molecule has 0 saturated carbocycles. The van der Waals surface area contributed by atoms with Crippen LogP contribution in [0.25, 0.3) is 0 Å². The van der Waals surface area contributed by atoms with Gasteiger partial charge in [0.15, 0.2) is 0 Å². The molecular weight excluding hydrogens is 362 g/mol. The van der Waals surface area contributed by atoms with E-state index in [1.807, 2.05) is 12.1 Å². The van der Waals surface area contributed by atoms with Crippen LogP contribution in [0.4, 0.5) is 0 Å². The molecule has 0 nitrogen and oxygen atoms in total. The standard InChI is InChI=1S/C18H15P.C7H9P/c1-4-10-16(11-5-1)19(17-12-6-2-7-13-17)18-14-8-3-9-15-18;1-6-4-2-3-5-7(6)8/h1-15H;2-5H,8H2,1H3. The lowest BCUT2D eigenvalue weighted by Gasteiger charge is -2.18. The molecule has 2 heteroatoms. The van der Waals surface area contributed by atoms with E-state index >= 15 is 0 Å². The average molecular weight is 386 g/mol. The van der Waals surface area contributed by atoms with Gasteiger partial charge in [-0.2, -0.15) is 0 Å². The highest BCUT2D eigenvalue weighted by atomic mass is 31.1. The normalized spacial score (nSPS) is 10.2. The maximum absolute atomic E-state index is 2.69. The minimum atomic E-state index is -0.446. The monoisotopic (exact) mass is 386 g/mol. The largest absolute Gasteiger partial charge is 0.105 e. The van der Waals surface area contributed by atoms with Crippen molar-refractivity contribution in [3.05, 3.63) is 121 Å². The first-order valence-electron chi connectivity index (χ1n) is 9.02. The molecule has 0 aliphatic heterocycles. The molecule has 0 N–H and O–H groups in total. The Morgan fingerprint density at radius 2 is 0.815 bits per heavy atom. The van der Waals surface area contributed by atoms with Crippen LogP contribution in [0.1, 0.15) is 5.56 Å². The molecule has 0 heterocycles. The summed E-state index contributed by atoms with van der Waals surface area (Å²) in [7, 11) is 2.24. The number of hydrogen-bond donors (Lipinski definition) is 0. The summed E-state index contributed by atoms with van der Waals surface area (Å²) in [4.78, 5) is 0. The van der Waals surface area contributed by atoms with Crippen LogP contribution in [-0.2, 0) is 0 Å². The van der Waals surface area contributed by atoms with Crippen LogP contribution in [0.15, 0.2) is 115 Å². The SMILES string of the molecule is Cc1ccccc1P.c1ccc(P(c2ccccc2)c2ccccc2)cc1. The van der Waals surface area contributed by atoms with Crippen LogP contribution in [0, 0.1) is 6.92 Å². The van der Waals surface area contributed by atoms with Crippen LogP contribution in [0.3, 0.4) is 0 Å². The maximum Gasteiger partial charge on any atom is -0.0134 e. The summed E-state index contributed by atoms with van der Waals surface area (Å²) in [5, 5.41) is 5.48. The Labute approximate surface area is 166 Å². The van der Waals surface area contributed by atoms with Crippen molar-refractivity contribution in [2.24, 2.45) is 0 Å². The van der Waals surface area contributed by atoms with Gasteiger partial charge in [0, 0.05) is 0 Å². The quantitative estimate of drug-likeness (QED) is 0.438. The molecule has 0 aromatic heterocycles. The maximum atomic E-state index is 2.69. The summed E-state index contributed by atoms with van der Waals surface area (Å²) in [6.07, 6.45) is 0. The highest BCUT2D eigenvalue weighted by molar-refractivity contribution is 7.79. The van der Waals surface area contributed by atoms with Crippen molar-refractivity contribution in [1.82, 2.24) is 0 Å². The summed E-state index contributed by atoms with van der Waals surface area (Å²) in [5.74, 6) is 0.